The summed E-state index contributed by atoms with van der Waals surface area (Å²) in [6, 6.07) is 6.30. The third-order valence-electron chi connectivity index (χ3n) is 4.57. The van der Waals surface area contributed by atoms with E-state index in [0.29, 0.717) is 0 Å². The third kappa shape index (κ3) is 6.55. The highest BCUT2D eigenvalue weighted by Crippen LogP contribution is 2.24. The van der Waals surface area contributed by atoms with Crippen molar-refractivity contribution in [2.75, 3.05) is 0 Å². The van der Waals surface area contributed by atoms with Gasteiger partial charge in [0.1, 0.15) is 0 Å². The van der Waals surface area contributed by atoms with Crippen molar-refractivity contribution in [2.45, 2.75) is 105 Å². The zero-order chi connectivity index (χ0) is 16.2. The number of hydrogen-bond acceptors (Lipinski definition) is 0. The summed E-state index contributed by atoms with van der Waals surface area (Å²) >= 11 is 0. The first-order chi connectivity index (χ1) is 10.8. The molecule has 1 aromatic rings. The summed E-state index contributed by atoms with van der Waals surface area (Å²) in [5, 5.41) is 0. The number of unbranched alkanes of at least 4 members (excludes halogenated alkanes) is 4. The van der Waals surface area contributed by atoms with Gasteiger partial charge in [-0.15, -0.1) is 0 Å². The summed E-state index contributed by atoms with van der Waals surface area (Å²) in [6.07, 6.45) is 15.4. The molecule has 125 valence electrons. The lowest BCUT2D eigenvalue weighted by atomic mass is 9.88. The van der Waals surface area contributed by atoms with Crippen LogP contribution in [0, 0.1) is 6.07 Å². The summed E-state index contributed by atoms with van der Waals surface area (Å²) in [7, 11) is 0. The molecular weight excluding hydrogens is 264 g/mol. The summed E-state index contributed by atoms with van der Waals surface area (Å²) in [6.45, 7) is 9.18. The van der Waals surface area contributed by atoms with Gasteiger partial charge in [-0.2, -0.15) is 0 Å². The molecule has 0 aliphatic rings. The van der Waals surface area contributed by atoms with E-state index in [1.54, 1.807) is 16.7 Å². The maximum Gasteiger partial charge on any atom is -0.0111 e. The minimum Gasteiger partial charge on any atom is -0.0654 e. The number of benzene rings is 1. The predicted molar refractivity (Wildman–Crippen MR) is 99.7 cm³/mol. The molecule has 0 unspecified atom stereocenters. The SMILES string of the molecule is CCCCc1[c]c(CCCC)c(CCCC)c(CCCC)c1. The highest BCUT2D eigenvalue weighted by molar-refractivity contribution is 5.39. The first-order valence-electron chi connectivity index (χ1n) is 9.82. The van der Waals surface area contributed by atoms with E-state index in [0.717, 1.165) is 0 Å². The van der Waals surface area contributed by atoms with Crippen molar-refractivity contribution in [3.05, 3.63) is 34.4 Å². The topological polar surface area (TPSA) is 0 Å². The Labute approximate surface area is 139 Å². The van der Waals surface area contributed by atoms with E-state index < -0.39 is 0 Å². The monoisotopic (exact) mass is 301 g/mol. The summed E-state index contributed by atoms with van der Waals surface area (Å²) in [4.78, 5) is 0. The quantitative estimate of drug-likeness (QED) is 0.395. The molecule has 0 aliphatic carbocycles. The van der Waals surface area contributed by atoms with E-state index in [-0.39, 0.29) is 0 Å². The Morgan fingerprint density at radius 1 is 0.682 bits per heavy atom. The molecule has 0 atom stereocenters. The minimum atomic E-state index is 1.21. The molecule has 1 aromatic carbocycles. The molecule has 1 rings (SSSR count). The Hall–Kier alpha value is -0.780. The highest BCUT2D eigenvalue weighted by Gasteiger charge is 2.11. The maximum absolute atomic E-state index is 3.81. The Bertz CT molecular complexity index is 373. The van der Waals surface area contributed by atoms with Gasteiger partial charge in [-0.25, -0.2) is 0 Å². The van der Waals surface area contributed by atoms with Gasteiger partial charge in [0, 0.05) is 0 Å². The first-order valence-corrected chi connectivity index (χ1v) is 9.82. The largest absolute Gasteiger partial charge is 0.0654 e. The van der Waals surface area contributed by atoms with Crippen LogP contribution in [0.3, 0.4) is 0 Å². The molecule has 0 fully saturated rings. The van der Waals surface area contributed by atoms with Crippen LogP contribution in [0.25, 0.3) is 0 Å². The van der Waals surface area contributed by atoms with Crippen LogP contribution < -0.4 is 0 Å². The van der Waals surface area contributed by atoms with Crippen LogP contribution in [0.4, 0.5) is 0 Å². The standard InChI is InChI=1S/C22H37/c1-5-9-13-19-17-20(14-10-6-2)22(16-12-8-4)21(18-19)15-11-7-3/h17H,5-16H2,1-4H3. The van der Waals surface area contributed by atoms with Crippen LogP contribution in [0.2, 0.25) is 0 Å². The molecule has 0 aliphatic heterocycles. The second-order valence-electron chi connectivity index (χ2n) is 6.69. The van der Waals surface area contributed by atoms with Gasteiger partial charge in [0.25, 0.3) is 0 Å². The molecule has 0 N–H and O–H groups in total. The van der Waals surface area contributed by atoms with Gasteiger partial charge in [-0.1, -0.05) is 59.4 Å². The van der Waals surface area contributed by atoms with Crippen molar-refractivity contribution in [1.82, 2.24) is 0 Å². The average molecular weight is 302 g/mol. The van der Waals surface area contributed by atoms with Crippen LogP contribution in [0.1, 0.15) is 101 Å². The highest BCUT2D eigenvalue weighted by atomic mass is 14.2. The van der Waals surface area contributed by atoms with Crippen LogP contribution in [-0.4, -0.2) is 0 Å². The Morgan fingerprint density at radius 2 is 1.23 bits per heavy atom. The zero-order valence-corrected chi connectivity index (χ0v) is 15.6. The molecule has 0 heterocycles. The van der Waals surface area contributed by atoms with E-state index in [1.807, 2.05) is 0 Å². The Kier molecular flexibility index (Phi) is 10.3. The lowest BCUT2D eigenvalue weighted by molar-refractivity contribution is 0.727. The van der Waals surface area contributed by atoms with Crippen LogP contribution >= 0.6 is 0 Å². The average Bonchev–Trinajstić information content (AvgIpc) is 2.54. The molecule has 0 nitrogen and oxygen atoms in total. The zero-order valence-electron chi connectivity index (χ0n) is 15.6. The first kappa shape index (κ1) is 19.3. The van der Waals surface area contributed by atoms with Crippen molar-refractivity contribution in [1.29, 1.82) is 0 Å². The minimum absolute atomic E-state index is 1.21. The summed E-state index contributed by atoms with van der Waals surface area (Å²) in [5.74, 6) is 0. The number of aryl methyl sites for hydroxylation is 3. The van der Waals surface area contributed by atoms with Gasteiger partial charge in [0.15, 0.2) is 0 Å². The fourth-order valence-corrected chi connectivity index (χ4v) is 3.12. The van der Waals surface area contributed by atoms with Gasteiger partial charge < -0.3 is 0 Å². The molecule has 22 heavy (non-hydrogen) atoms. The molecule has 0 aromatic heterocycles. The molecule has 0 saturated heterocycles. The molecule has 1 radical (unpaired) electrons. The Balaban J connectivity index is 3.07. The lowest BCUT2D eigenvalue weighted by Gasteiger charge is -2.17. The molecule has 0 heteroatoms. The van der Waals surface area contributed by atoms with Crippen molar-refractivity contribution < 1.29 is 0 Å². The van der Waals surface area contributed by atoms with Crippen molar-refractivity contribution in [3.63, 3.8) is 0 Å². The predicted octanol–water partition coefficient (Wildman–Crippen LogP) is 6.86. The normalized spacial score (nSPS) is 11.1. The van der Waals surface area contributed by atoms with E-state index in [1.165, 1.54) is 82.6 Å². The van der Waals surface area contributed by atoms with Gasteiger partial charge in [0.05, 0.1) is 0 Å². The van der Waals surface area contributed by atoms with Gasteiger partial charge >= 0.3 is 0 Å². The van der Waals surface area contributed by atoms with Gasteiger partial charge in [-0.3, -0.25) is 0 Å². The van der Waals surface area contributed by atoms with Crippen molar-refractivity contribution in [2.24, 2.45) is 0 Å². The molecule has 0 bridgehead atoms. The van der Waals surface area contributed by atoms with E-state index in [4.69, 9.17) is 0 Å². The van der Waals surface area contributed by atoms with Crippen molar-refractivity contribution >= 4 is 0 Å². The Morgan fingerprint density at radius 3 is 1.86 bits per heavy atom. The number of hydrogen-bond donors (Lipinski definition) is 0. The van der Waals surface area contributed by atoms with Crippen molar-refractivity contribution in [3.8, 4) is 0 Å². The maximum atomic E-state index is 3.81. The van der Waals surface area contributed by atoms with E-state index in [2.05, 4.69) is 39.8 Å². The van der Waals surface area contributed by atoms with E-state index in [9.17, 15) is 0 Å². The second kappa shape index (κ2) is 11.7. The molecule has 0 saturated carbocycles. The van der Waals surface area contributed by atoms with E-state index >= 15 is 0 Å². The lowest BCUT2D eigenvalue weighted by Crippen LogP contribution is -2.04. The van der Waals surface area contributed by atoms with Crippen LogP contribution in [0.5, 0.6) is 0 Å². The smallest absolute Gasteiger partial charge is 0.0111 e. The fourth-order valence-electron chi connectivity index (χ4n) is 3.12. The fraction of sp³-hybridized carbons (Fsp3) is 0.727. The third-order valence-corrected chi connectivity index (χ3v) is 4.57. The summed E-state index contributed by atoms with van der Waals surface area (Å²) < 4.78 is 0. The van der Waals surface area contributed by atoms with Crippen LogP contribution in [0.15, 0.2) is 6.07 Å². The van der Waals surface area contributed by atoms with Crippen LogP contribution in [-0.2, 0) is 25.7 Å². The molecule has 0 spiro atoms. The molecule has 0 amide bonds. The van der Waals surface area contributed by atoms with Gasteiger partial charge in [-0.05, 0) is 79.7 Å². The number of rotatable bonds is 12. The molecular formula is C22H37. The van der Waals surface area contributed by atoms with Gasteiger partial charge in [0.2, 0.25) is 0 Å². The summed E-state index contributed by atoms with van der Waals surface area (Å²) in [5.41, 5.74) is 6.32. The second-order valence-corrected chi connectivity index (χ2v) is 6.69.